The van der Waals surface area contributed by atoms with Gasteiger partial charge in [0.1, 0.15) is 0 Å². The third-order valence-electron chi connectivity index (χ3n) is 2.73. The highest BCUT2D eigenvalue weighted by molar-refractivity contribution is 4.87. The third kappa shape index (κ3) is 2.56. The Morgan fingerprint density at radius 1 is 1.64 bits per heavy atom. The highest BCUT2D eigenvalue weighted by Gasteiger charge is 2.24. The minimum atomic E-state index is -0.219. The molecule has 4 nitrogen and oxygen atoms in total. The Balaban J connectivity index is 2.60. The smallest absolute Gasteiger partial charge is 0.0948 e. The van der Waals surface area contributed by atoms with E-state index in [9.17, 15) is 5.11 Å². The molecule has 4 heteroatoms. The normalized spacial score (nSPS) is 17.7. The van der Waals surface area contributed by atoms with Crippen LogP contribution in [0, 0.1) is 0 Å². The summed E-state index contributed by atoms with van der Waals surface area (Å²) in [5.41, 5.74) is -0.219. The van der Waals surface area contributed by atoms with Gasteiger partial charge in [0, 0.05) is 24.0 Å². The Morgan fingerprint density at radius 3 is 2.79 bits per heavy atom. The van der Waals surface area contributed by atoms with E-state index in [0.717, 1.165) is 6.42 Å². The zero-order valence-corrected chi connectivity index (χ0v) is 9.07. The zero-order valence-electron chi connectivity index (χ0n) is 9.07. The Kier molecular flexibility index (Phi) is 3.66. The second kappa shape index (κ2) is 4.57. The predicted octanol–water partition coefficient (Wildman–Crippen LogP) is 0.805. The quantitative estimate of drug-likeness (QED) is 0.734. The van der Waals surface area contributed by atoms with E-state index in [0.29, 0.717) is 6.04 Å². The number of rotatable bonds is 5. The lowest BCUT2D eigenvalue weighted by molar-refractivity contribution is 0.159. The average Bonchev–Trinajstić information content (AvgIpc) is 2.70. The van der Waals surface area contributed by atoms with Crippen molar-refractivity contribution < 1.29 is 5.11 Å². The molecule has 2 unspecified atom stereocenters. The lowest BCUT2D eigenvalue weighted by atomic mass is 9.95. The van der Waals surface area contributed by atoms with Crippen molar-refractivity contribution in [3.8, 4) is 0 Å². The molecule has 0 aliphatic heterocycles. The molecule has 0 radical (unpaired) electrons. The third-order valence-corrected chi connectivity index (χ3v) is 2.73. The van der Waals surface area contributed by atoms with E-state index < -0.39 is 0 Å². The monoisotopic (exact) mass is 197 g/mol. The first-order valence-electron chi connectivity index (χ1n) is 4.88. The summed E-state index contributed by atoms with van der Waals surface area (Å²) in [4.78, 5) is 4.00. The molecular weight excluding hydrogens is 178 g/mol. The number of aromatic nitrogens is 2. The first-order chi connectivity index (χ1) is 6.61. The molecule has 0 fully saturated rings. The molecule has 1 heterocycles. The fraction of sp³-hybridized carbons (Fsp3) is 0.700. The lowest BCUT2D eigenvalue weighted by Gasteiger charge is -2.30. The molecule has 0 aromatic carbocycles. The summed E-state index contributed by atoms with van der Waals surface area (Å²) in [6, 6.07) is 0.335. The van der Waals surface area contributed by atoms with E-state index in [1.807, 2.05) is 24.7 Å². The summed E-state index contributed by atoms with van der Waals surface area (Å²) in [6.45, 7) is 4.27. The molecule has 2 atom stereocenters. The molecule has 1 aromatic rings. The average molecular weight is 197 g/mol. The first kappa shape index (κ1) is 11.2. The van der Waals surface area contributed by atoms with E-state index in [1.54, 1.807) is 12.5 Å². The van der Waals surface area contributed by atoms with Crippen LogP contribution < -0.4 is 5.32 Å². The van der Waals surface area contributed by atoms with E-state index in [-0.39, 0.29) is 12.1 Å². The fourth-order valence-corrected chi connectivity index (χ4v) is 1.53. The van der Waals surface area contributed by atoms with Crippen LogP contribution in [0.15, 0.2) is 18.7 Å². The van der Waals surface area contributed by atoms with Crippen molar-refractivity contribution in [2.75, 3.05) is 13.7 Å². The van der Waals surface area contributed by atoms with Crippen LogP contribution in [0.2, 0.25) is 0 Å². The van der Waals surface area contributed by atoms with Gasteiger partial charge in [0.05, 0.1) is 12.9 Å². The van der Waals surface area contributed by atoms with Crippen molar-refractivity contribution in [3.05, 3.63) is 18.7 Å². The summed E-state index contributed by atoms with van der Waals surface area (Å²) >= 11 is 0. The molecule has 0 saturated heterocycles. The standard InChI is InChI=1S/C10H19N3O/c1-9(13-5-4-12-8-13)6-10(2,7-14)11-3/h4-5,8-9,11,14H,6-7H2,1-3H3. The number of likely N-dealkylation sites (N-methyl/N-ethyl adjacent to an activating group) is 1. The molecule has 1 rings (SSSR count). The second-order valence-electron chi connectivity index (χ2n) is 4.03. The van der Waals surface area contributed by atoms with Gasteiger partial charge < -0.3 is 15.0 Å². The number of hydrogen-bond donors (Lipinski definition) is 2. The van der Waals surface area contributed by atoms with Crippen molar-refractivity contribution in [2.45, 2.75) is 31.8 Å². The van der Waals surface area contributed by atoms with Gasteiger partial charge in [-0.05, 0) is 27.3 Å². The van der Waals surface area contributed by atoms with Crippen molar-refractivity contribution >= 4 is 0 Å². The van der Waals surface area contributed by atoms with E-state index in [4.69, 9.17) is 0 Å². The molecule has 0 amide bonds. The molecule has 80 valence electrons. The molecule has 2 N–H and O–H groups in total. The molecule has 1 aromatic heterocycles. The van der Waals surface area contributed by atoms with Crippen molar-refractivity contribution in [3.63, 3.8) is 0 Å². The van der Waals surface area contributed by atoms with Crippen molar-refractivity contribution in [1.82, 2.24) is 14.9 Å². The molecule has 0 spiro atoms. The highest BCUT2D eigenvalue weighted by Crippen LogP contribution is 2.19. The van der Waals surface area contributed by atoms with Crippen LogP contribution in [-0.2, 0) is 0 Å². The molecule has 0 bridgehead atoms. The highest BCUT2D eigenvalue weighted by atomic mass is 16.3. The van der Waals surface area contributed by atoms with Crippen molar-refractivity contribution in [1.29, 1.82) is 0 Å². The number of aliphatic hydroxyl groups is 1. The number of nitrogens with one attached hydrogen (secondary N) is 1. The molecule has 14 heavy (non-hydrogen) atoms. The molecular formula is C10H19N3O. The maximum absolute atomic E-state index is 9.24. The summed E-state index contributed by atoms with van der Waals surface area (Å²) < 4.78 is 2.05. The lowest BCUT2D eigenvalue weighted by Crippen LogP contribution is -2.44. The van der Waals surface area contributed by atoms with Crippen LogP contribution in [0.3, 0.4) is 0 Å². The molecule has 0 aliphatic rings. The van der Waals surface area contributed by atoms with Gasteiger partial charge in [-0.3, -0.25) is 0 Å². The van der Waals surface area contributed by atoms with Crippen LogP contribution in [-0.4, -0.2) is 33.9 Å². The predicted molar refractivity (Wildman–Crippen MR) is 56.1 cm³/mol. The van der Waals surface area contributed by atoms with Crippen LogP contribution in [0.25, 0.3) is 0 Å². The van der Waals surface area contributed by atoms with Crippen LogP contribution in [0.5, 0.6) is 0 Å². The van der Waals surface area contributed by atoms with Gasteiger partial charge in [-0.15, -0.1) is 0 Å². The second-order valence-corrected chi connectivity index (χ2v) is 4.03. The van der Waals surface area contributed by atoms with Gasteiger partial charge in [0.25, 0.3) is 0 Å². The van der Waals surface area contributed by atoms with Gasteiger partial charge >= 0.3 is 0 Å². The van der Waals surface area contributed by atoms with Crippen molar-refractivity contribution in [2.24, 2.45) is 0 Å². The van der Waals surface area contributed by atoms with E-state index in [1.165, 1.54) is 0 Å². The number of aliphatic hydroxyl groups excluding tert-OH is 1. The maximum atomic E-state index is 9.24. The zero-order chi connectivity index (χ0) is 10.6. The van der Waals surface area contributed by atoms with Crippen LogP contribution >= 0.6 is 0 Å². The van der Waals surface area contributed by atoms with Crippen LogP contribution in [0.1, 0.15) is 26.3 Å². The van der Waals surface area contributed by atoms with Gasteiger partial charge in [0.15, 0.2) is 0 Å². The van der Waals surface area contributed by atoms with Gasteiger partial charge in [-0.25, -0.2) is 4.98 Å². The number of nitrogens with zero attached hydrogens (tertiary/aromatic N) is 2. The summed E-state index contributed by atoms with van der Waals surface area (Å²) in [5, 5.41) is 12.4. The first-order valence-corrected chi connectivity index (χ1v) is 4.88. The Bertz CT molecular complexity index is 254. The Morgan fingerprint density at radius 2 is 2.36 bits per heavy atom. The summed E-state index contributed by atoms with van der Waals surface area (Å²) in [5.74, 6) is 0. The van der Waals surface area contributed by atoms with Gasteiger partial charge in [-0.2, -0.15) is 0 Å². The minimum Gasteiger partial charge on any atom is -0.394 e. The SMILES string of the molecule is CNC(C)(CO)CC(C)n1ccnc1. The van der Waals surface area contributed by atoms with Gasteiger partial charge in [0.2, 0.25) is 0 Å². The molecule has 0 saturated carbocycles. The number of imidazole rings is 1. The fourth-order valence-electron chi connectivity index (χ4n) is 1.53. The topological polar surface area (TPSA) is 50.1 Å². The summed E-state index contributed by atoms with van der Waals surface area (Å²) in [7, 11) is 1.87. The summed E-state index contributed by atoms with van der Waals surface area (Å²) in [6.07, 6.45) is 6.39. The van der Waals surface area contributed by atoms with Gasteiger partial charge in [-0.1, -0.05) is 0 Å². The largest absolute Gasteiger partial charge is 0.394 e. The Labute approximate surface area is 85.0 Å². The minimum absolute atomic E-state index is 0.141. The van der Waals surface area contributed by atoms with E-state index >= 15 is 0 Å². The molecule has 0 aliphatic carbocycles. The number of hydrogen-bond acceptors (Lipinski definition) is 3. The van der Waals surface area contributed by atoms with Crippen LogP contribution in [0.4, 0.5) is 0 Å². The maximum Gasteiger partial charge on any atom is 0.0948 e. The van der Waals surface area contributed by atoms with E-state index in [2.05, 4.69) is 17.2 Å². The Hall–Kier alpha value is -0.870.